The van der Waals surface area contributed by atoms with Crippen molar-refractivity contribution in [2.45, 2.75) is 19.8 Å². The van der Waals surface area contributed by atoms with Crippen molar-refractivity contribution in [1.82, 2.24) is 0 Å². The third-order valence-corrected chi connectivity index (χ3v) is 3.59. The minimum atomic E-state index is -5.18. The van der Waals surface area contributed by atoms with E-state index >= 15 is 0 Å². The maximum absolute atomic E-state index is 12.1. The van der Waals surface area contributed by atoms with Gasteiger partial charge in [-0.15, -0.1) is 0 Å². The number of hydrogen-bond acceptors (Lipinski definition) is 9. The molecule has 0 atom stereocenters. The van der Waals surface area contributed by atoms with Crippen LogP contribution in [0, 0.1) is 0 Å². The fourth-order valence-corrected chi connectivity index (χ4v) is 2.61. The van der Waals surface area contributed by atoms with Crippen molar-refractivity contribution in [3.63, 3.8) is 0 Å². The number of carbonyl (C=O) groups is 3. The van der Waals surface area contributed by atoms with Gasteiger partial charge in [-0.25, -0.2) is 8.42 Å². The molecule has 2 N–H and O–H groups in total. The first-order valence-corrected chi connectivity index (χ1v) is 7.98. The van der Waals surface area contributed by atoms with Gasteiger partial charge in [0.15, 0.2) is 5.78 Å². The molecule has 0 saturated carbocycles. The molecule has 2 rings (SSSR count). The van der Waals surface area contributed by atoms with E-state index in [0.717, 1.165) is 0 Å². The van der Waals surface area contributed by atoms with Crippen LogP contribution in [0.4, 0.5) is 0 Å². The van der Waals surface area contributed by atoms with Crippen molar-refractivity contribution >= 4 is 33.5 Å². The van der Waals surface area contributed by atoms with Gasteiger partial charge in [0.25, 0.3) is 10.4 Å². The minimum absolute atomic E-state index is 0.0931. The Balaban J connectivity index is 2.68. The van der Waals surface area contributed by atoms with Gasteiger partial charge in [0, 0.05) is 18.1 Å². The summed E-state index contributed by atoms with van der Waals surface area (Å²) < 4.78 is 35.8. The molecule has 0 saturated heterocycles. The summed E-state index contributed by atoms with van der Waals surface area (Å²) in [5.74, 6) is -5.72. The number of carbonyl (C=O) groups excluding carboxylic acids is 3. The van der Waals surface area contributed by atoms with E-state index in [9.17, 15) is 37.6 Å². The molecule has 0 unspecified atom stereocenters. The van der Waals surface area contributed by atoms with E-state index in [-0.39, 0.29) is 6.42 Å². The van der Waals surface area contributed by atoms with Crippen molar-refractivity contribution in [3.05, 3.63) is 28.8 Å². The Bertz CT molecular complexity index is 893. The number of benzene rings is 1. The Kier molecular flexibility index (Phi) is 4.45. The van der Waals surface area contributed by atoms with E-state index in [1.54, 1.807) is 6.92 Å². The first-order valence-electron chi connectivity index (χ1n) is 6.65. The molecule has 128 valence electrons. The first-order chi connectivity index (χ1) is 11.1. The number of ketones is 3. The van der Waals surface area contributed by atoms with Crippen LogP contribution in [-0.2, 0) is 20.0 Å². The standard InChI is InChI=1S/C14H12O9S/c1-2-3-8(15)11-13(18)10-7(12(17)14(11)19)4-6(5-9(10)16)23-24(20,21)22/h4-5,16,18H,2-3H2,1H3,(H,20,21,22)/p-1. The smallest absolute Gasteiger partial charge is 0.262 e. The molecule has 0 bridgehead atoms. The number of phenols is 1. The third kappa shape index (κ3) is 3.14. The van der Waals surface area contributed by atoms with Gasteiger partial charge in [-0.05, 0) is 12.5 Å². The van der Waals surface area contributed by atoms with Gasteiger partial charge in [0.1, 0.15) is 22.8 Å². The fourth-order valence-electron chi connectivity index (χ4n) is 2.27. The summed E-state index contributed by atoms with van der Waals surface area (Å²) in [5, 5.41) is 20.0. The van der Waals surface area contributed by atoms with Gasteiger partial charge >= 0.3 is 0 Å². The Labute approximate surface area is 136 Å². The lowest BCUT2D eigenvalue weighted by molar-refractivity contribution is -0.119. The Hall–Kier alpha value is -2.72. The van der Waals surface area contributed by atoms with E-state index in [1.165, 1.54) is 0 Å². The average molecular weight is 355 g/mol. The molecule has 0 aromatic heterocycles. The van der Waals surface area contributed by atoms with E-state index in [1.807, 2.05) is 0 Å². The quantitative estimate of drug-likeness (QED) is 0.334. The van der Waals surface area contributed by atoms with Crippen molar-refractivity contribution < 1.29 is 41.8 Å². The number of allylic oxidation sites excluding steroid dienone is 1. The molecule has 24 heavy (non-hydrogen) atoms. The number of aromatic hydroxyl groups is 1. The zero-order valence-electron chi connectivity index (χ0n) is 12.2. The van der Waals surface area contributed by atoms with Crippen LogP contribution < -0.4 is 4.18 Å². The second-order valence-electron chi connectivity index (χ2n) is 4.91. The van der Waals surface area contributed by atoms with Gasteiger partial charge in [-0.1, -0.05) is 6.92 Å². The number of rotatable bonds is 5. The molecule has 1 aromatic carbocycles. The molecule has 10 heteroatoms. The van der Waals surface area contributed by atoms with Crippen LogP contribution in [0.3, 0.4) is 0 Å². The Morgan fingerprint density at radius 2 is 1.83 bits per heavy atom. The van der Waals surface area contributed by atoms with E-state index < -0.39 is 61.7 Å². The van der Waals surface area contributed by atoms with Crippen molar-refractivity contribution in [3.8, 4) is 11.5 Å². The molecule has 1 aromatic rings. The molecule has 0 heterocycles. The predicted octanol–water partition coefficient (Wildman–Crippen LogP) is 0.635. The normalized spacial score (nSPS) is 14.6. The highest BCUT2D eigenvalue weighted by Gasteiger charge is 2.38. The number of fused-ring (bicyclic) bond motifs is 1. The summed E-state index contributed by atoms with van der Waals surface area (Å²) in [6.07, 6.45) is 0.272. The van der Waals surface area contributed by atoms with Crippen molar-refractivity contribution in [1.29, 1.82) is 0 Å². The lowest BCUT2D eigenvalue weighted by atomic mass is 9.85. The van der Waals surface area contributed by atoms with Crippen LogP contribution in [0.15, 0.2) is 17.7 Å². The molecule has 0 fully saturated rings. The second kappa shape index (κ2) is 6.06. The lowest BCUT2D eigenvalue weighted by Gasteiger charge is -2.19. The summed E-state index contributed by atoms with van der Waals surface area (Å²) in [6, 6.07) is 1.37. The molecule has 9 nitrogen and oxygen atoms in total. The minimum Gasteiger partial charge on any atom is -0.716 e. The Morgan fingerprint density at radius 1 is 1.21 bits per heavy atom. The molecular formula is C14H11O9S-. The molecule has 1 aliphatic rings. The maximum atomic E-state index is 12.1. The molecule has 0 spiro atoms. The topological polar surface area (TPSA) is 158 Å². The number of phenolic OH excluding ortho intramolecular Hbond substituents is 1. The van der Waals surface area contributed by atoms with Crippen LogP contribution in [0.2, 0.25) is 0 Å². The van der Waals surface area contributed by atoms with Gasteiger partial charge in [-0.3, -0.25) is 14.4 Å². The molecule has 0 radical (unpaired) electrons. The predicted molar refractivity (Wildman–Crippen MR) is 77.2 cm³/mol. The van der Waals surface area contributed by atoms with Gasteiger partial charge in [0.2, 0.25) is 11.6 Å². The van der Waals surface area contributed by atoms with Crippen LogP contribution in [0.1, 0.15) is 35.7 Å². The molecular weight excluding hydrogens is 344 g/mol. The summed E-state index contributed by atoms with van der Waals surface area (Å²) in [4.78, 5) is 36.1. The first kappa shape index (κ1) is 17.6. The van der Waals surface area contributed by atoms with E-state index in [4.69, 9.17) is 0 Å². The summed E-state index contributed by atoms with van der Waals surface area (Å²) >= 11 is 0. The monoisotopic (exact) mass is 355 g/mol. The molecule has 1 aliphatic carbocycles. The molecule has 0 amide bonds. The largest absolute Gasteiger partial charge is 0.716 e. The second-order valence-corrected chi connectivity index (χ2v) is 5.89. The SMILES string of the molecule is CCCC(=O)C1=C(O)c2c(O)cc(OS(=O)(=O)[O-])cc2C(=O)C1=O. The van der Waals surface area contributed by atoms with Gasteiger partial charge in [0.05, 0.1) is 5.56 Å². The molecule has 0 aliphatic heterocycles. The van der Waals surface area contributed by atoms with E-state index in [0.29, 0.717) is 18.6 Å². The van der Waals surface area contributed by atoms with Gasteiger partial charge in [-0.2, -0.15) is 0 Å². The van der Waals surface area contributed by atoms with E-state index in [2.05, 4.69) is 4.18 Å². The fraction of sp³-hybridized carbons (Fsp3) is 0.214. The lowest BCUT2D eigenvalue weighted by Crippen LogP contribution is -2.28. The third-order valence-electron chi connectivity index (χ3n) is 3.20. The zero-order valence-corrected chi connectivity index (χ0v) is 13.0. The summed E-state index contributed by atoms with van der Waals surface area (Å²) in [7, 11) is -5.18. The average Bonchev–Trinajstić information content (AvgIpc) is 2.42. The van der Waals surface area contributed by atoms with Gasteiger partial charge < -0.3 is 18.9 Å². The maximum Gasteiger partial charge on any atom is 0.262 e. The summed E-state index contributed by atoms with van der Waals surface area (Å²) in [6.45, 7) is 1.66. The number of Topliss-reactive ketones (excluding diaryl/α,β-unsaturated/α-hetero) is 3. The zero-order chi connectivity index (χ0) is 18.2. The number of aliphatic hydroxyl groups is 1. The number of hydrogen-bond donors (Lipinski definition) is 2. The Morgan fingerprint density at radius 3 is 2.38 bits per heavy atom. The summed E-state index contributed by atoms with van der Waals surface area (Å²) in [5.41, 5.74) is -1.83. The van der Waals surface area contributed by atoms with Crippen LogP contribution in [0.5, 0.6) is 11.5 Å². The highest BCUT2D eigenvalue weighted by molar-refractivity contribution is 7.81. The van der Waals surface area contributed by atoms with Crippen LogP contribution >= 0.6 is 0 Å². The van der Waals surface area contributed by atoms with Crippen molar-refractivity contribution in [2.75, 3.05) is 0 Å². The number of aliphatic hydroxyl groups excluding tert-OH is 1. The highest BCUT2D eigenvalue weighted by atomic mass is 32.3. The van der Waals surface area contributed by atoms with Crippen LogP contribution in [0.25, 0.3) is 5.76 Å². The van der Waals surface area contributed by atoms with Crippen LogP contribution in [-0.4, -0.2) is 40.5 Å². The highest BCUT2D eigenvalue weighted by Crippen LogP contribution is 2.38. The van der Waals surface area contributed by atoms with Crippen molar-refractivity contribution in [2.24, 2.45) is 0 Å².